The van der Waals surface area contributed by atoms with Crippen molar-refractivity contribution in [3.05, 3.63) is 176 Å². The van der Waals surface area contributed by atoms with E-state index in [1.165, 1.54) is 43.2 Å². The van der Waals surface area contributed by atoms with Crippen LogP contribution < -0.4 is 0 Å². The van der Waals surface area contributed by atoms with Gasteiger partial charge in [-0.2, -0.15) is 0 Å². The lowest BCUT2D eigenvalue weighted by atomic mass is 9.99. The third-order valence-electron chi connectivity index (χ3n) is 9.63. The minimum Gasteiger partial charge on any atom is -0.309 e. The van der Waals surface area contributed by atoms with Gasteiger partial charge in [-0.3, -0.25) is 0 Å². The lowest BCUT2D eigenvalue weighted by molar-refractivity contribution is 1.18. The molecule has 0 bridgehead atoms. The number of rotatable bonds is 5. The van der Waals surface area contributed by atoms with Crippen molar-refractivity contribution in [3.8, 4) is 50.6 Å². The van der Waals surface area contributed by atoms with Crippen molar-refractivity contribution < 1.29 is 0 Å². The quantitative estimate of drug-likeness (QED) is 0.185. The minimum atomic E-state index is 0.731. The predicted molar refractivity (Wildman–Crippen MR) is 211 cm³/mol. The molecule has 3 nitrogen and oxygen atoms in total. The molecule has 0 atom stereocenters. The van der Waals surface area contributed by atoms with Crippen molar-refractivity contribution in [2.24, 2.45) is 0 Å². The summed E-state index contributed by atoms with van der Waals surface area (Å²) in [6.07, 6.45) is 0. The first kappa shape index (κ1) is 28.6. The molecule has 0 amide bonds. The van der Waals surface area contributed by atoms with Gasteiger partial charge in [-0.15, -0.1) is 11.3 Å². The molecule has 234 valence electrons. The molecule has 50 heavy (non-hydrogen) atoms. The average molecular weight is 656 g/mol. The van der Waals surface area contributed by atoms with Crippen molar-refractivity contribution in [2.75, 3.05) is 0 Å². The lowest BCUT2D eigenvalue weighted by Crippen LogP contribution is -1.94. The summed E-state index contributed by atoms with van der Waals surface area (Å²) in [5.41, 5.74) is 12.3. The third kappa shape index (κ3) is 4.65. The first-order chi connectivity index (χ1) is 24.8. The number of hydrogen-bond donors (Lipinski definition) is 0. The van der Waals surface area contributed by atoms with Crippen LogP contribution in [0.3, 0.4) is 0 Å². The Kier molecular flexibility index (Phi) is 6.68. The van der Waals surface area contributed by atoms with Crippen LogP contribution in [0.2, 0.25) is 0 Å². The molecule has 0 N–H and O–H groups in total. The van der Waals surface area contributed by atoms with E-state index in [-0.39, 0.29) is 0 Å². The third-order valence-corrected chi connectivity index (χ3v) is 10.8. The van der Waals surface area contributed by atoms with Gasteiger partial charge >= 0.3 is 0 Å². The van der Waals surface area contributed by atoms with Crippen molar-refractivity contribution >= 4 is 53.4 Å². The molecule has 0 saturated heterocycles. The first-order valence-corrected chi connectivity index (χ1v) is 17.7. The molecule has 0 aliphatic rings. The maximum absolute atomic E-state index is 5.31. The fourth-order valence-corrected chi connectivity index (χ4v) is 8.49. The standard InChI is InChI=1S/C46H29N3S/c1-3-13-30(14-4-1)33-17-11-18-34(29-33)43-45-44(48-46(47-43)32-15-5-2-6-16-32)42-36(21-12-24-41(42)50-45)31-25-27-35(28-26-31)49-39-22-9-7-19-37(39)38-20-8-10-23-40(38)49/h1-29H. The second-order valence-electron chi connectivity index (χ2n) is 12.6. The number of benzene rings is 7. The van der Waals surface area contributed by atoms with E-state index in [4.69, 9.17) is 9.97 Å². The van der Waals surface area contributed by atoms with Crippen LogP contribution in [-0.4, -0.2) is 14.5 Å². The summed E-state index contributed by atoms with van der Waals surface area (Å²) in [6.45, 7) is 0. The molecule has 0 fully saturated rings. The van der Waals surface area contributed by atoms with E-state index >= 15 is 0 Å². The van der Waals surface area contributed by atoms with Gasteiger partial charge < -0.3 is 4.57 Å². The molecule has 0 spiro atoms. The van der Waals surface area contributed by atoms with Gasteiger partial charge in [0.05, 0.1) is 26.9 Å². The van der Waals surface area contributed by atoms with E-state index in [2.05, 4.69) is 174 Å². The molecule has 0 saturated carbocycles. The van der Waals surface area contributed by atoms with Crippen LogP contribution in [-0.2, 0) is 0 Å². The van der Waals surface area contributed by atoms with E-state index in [1.54, 1.807) is 11.3 Å². The van der Waals surface area contributed by atoms with E-state index in [0.29, 0.717) is 0 Å². The first-order valence-electron chi connectivity index (χ1n) is 16.8. The Balaban J connectivity index is 1.17. The molecular weight excluding hydrogens is 627 g/mol. The number of nitrogens with zero attached hydrogens (tertiary/aromatic N) is 3. The highest BCUT2D eigenvalue weighted by atomic mass is 32.1. The predicted octanol–water partition coefficient (Wildman–Crippen LogP) is 12.6. The second kappa shape index (κ2) is 11.7. The van der Waals surface area contributed by atoms with Gasteiger partial charge in [0.15, 0.2) is 5.82 Å². The van der Waals surface area contributed by atoms with Crippen molar-refractivity contribution in [1.82, 2.24) is 14.5 Å². The number of thiophene rings is 1. The number of hydrogen-bond acceptors (Lipinski definition) is 3. The van der Waals surface area contributed by atoms with Gasteiger partial charge in [-0.25, -0.2) is 9.97 Å². The molecular formula is C46H29N3S. The Morgan fingerprint density at radius 3 is 1.76 bits per heavy atom. The van der Waals surface area contributed by atoms with E-state index in [0.717, 1.165) is 49.5 Å². The molecule has 7 aromatic carbocycles. The summed E-state index contributed by atoms with van der Waals surface area (Å²) in [5, 5.41) is 3.69. The van der Waals surface area contributed by atoms with Crippen molar-refractivity contribution in [3.63, 3.8) is 0 Å². The number of fused-ring (bicyclic) bond motifs is 6. The Labute approximate surface area is 293 Å². The molecule has 3 heterocycles. The molecule has 0 unspecified atom stereocenters. The van der Waals surface area contributed by atoms with Crippen LogP contribution in [0.4, 0.5) is 0 Å². The van der Waals surface area contributed by atoms with Crippen molar-refractivity contribution in [2.45, 2.75) is 0 Å². The van der Waals surface area contributed by atoms with Crippen LogP contribution in [0.15, 0.2) is 176 Å². The number of aromatic nitrogens is 3. The average Bonchev–Trinajstić information content (AvgIpc) is 3.74. The SMILES string of the molecule is c1ccc(-c2cccc(-c3nc(-c4ccccc4)nc4c3sc3cccc(-c5ccc(-n6c7ccccc7c7ccccc76)cc5)c34)c2)cc1. The topological polar surface area (TPSA) is 30.7 Å². The highest BCUT2D eigenvalue weighted by Gasteiger charge is 2.20. The molecule has 3 aromatic heterocycles. The van der Waals surface area contributed by atoms with E-state index < -0.39 is 0 Å². The summed E-state index contributed by atoms with van der Waals surface area (Å²) in [7, 11) is 0. The molecule has 0 aliphatic carbocycles. The normalized spacial score (nSPS) is 11.6. The van der Waals surface area contributed by atoms with Crippen LogP contribution in [0.1, 0.15) is 0 Å². The molecule has 10 rings (SSSR count). The Morgan fingerprint density at radius 1 is 0.440 bits per heavy atom. The van der Waals surface area contributed by atoms with Gasteiger partial charge in [0, 0.05) is 37.7 Å². The summed E-state index contributed by atoms with van der Waals surface area (Å²) in [5.74, 6) is 0.731. The Morgan fingerprint density at radius 2 is 1.04 bits per heavy atom. The van der Waals surface area contributed by atoms with Crippen LogP contribution in [0, 0.1) is 0 Å². The Hall–Kier alpha value is -6.36. The van der Waals surface area contributed by atoms with Gasteiger partial charge in [0.1, 0.15) is 0 Å². The van der Waals surface area contributed by atoms with Crippen molar-refractivity contribution in [1.29, 1.82) is 0 Å². The smallest absolute Gasteiger partial charge is 0.160 e. The zero-order valence-corrected chi connectivity index (χ0v) is 27.8. The van der Waals surface area contributed by atoms with Gasteiger partial charge in [-0.05, 0) is 58.7 Å². The monoisotopic (exact) mass is 655 g/mol. The summed E-state index contributed by atoms with van der Waals surface area (Å²) >= 11 is 1.77. The number of para-hydroxylation sites is 2. The minimum absolute atomic E-state index is 0.731. The molecule has 4 heteroatoms. The molecule has 0 radical (unpaired) electrons. The second-order valence-corrected chi connectivity index (χ2v) is 13.6. The fraction of sp³-hybridized carbons (Fsp3) is 0. The summed E-state index contributed by atoms with van der Waals surface area (Å²) in [6, 6.07) is 62.5. The van der Waals surface area contributed by atoms with Crippen LogP contribution >= 0.6 is 11.3 Å². The Bertz CT molecular complexity index is 2800. The summed E-state index contributed by atoms with van der Waals surface area (Å²) in [4.78, 5) is 10.6. The zero-order chi connectivity index (χ0) is 33.0. The highest BCUT2D eigenvalue weighted by Crippen LogP contribution is 2.44. The van der Waals surface area contributed by atoms with Crippen LogP contribution in [0.25, 0.3) is 92.7 Å². The lowest BCUT2D eigenvalue weighted by Gasteiger charge is -2.11. The fourth-order valence-electron chi connectivity index (χ4n) is 7.31. The van der Waals surface area contributed by atoms with Crippen LogP contribution in [0.5, 0.6) is 0 Å². The van der Waals surface area contributed by atoms with E-state index in [9.17, 15) is 0 Å². The van der Waals surface area contributed by atoms with E-state index in [1.807, 2.05) is 6.07 Å². The summed E-state index contributed by atoms with van der Waals surface area (Å²) < 4.78 is 4.66. The van der Waals surface area contributed by atoms with Gasteiger partial charge in [-0.1, -0.05) is 140 Å². The van der Waals surface area contributed by atoms with Gasteiger partial charge in [0.2, 0.25) is 0 Å². The maximum atomic E-state index is 5.31. The highest BCUT2D eigenvalue weighted by molar-refractivity contribution is 7.26. The van der Waals surface area contributed by atoms with Gasteiger partial charge in [0.25, 0.3) is 0 Å². The molecule has 10 aromatic rings. The maximum Gasteiger partial charge on any atom is 0.160 e. The largest absolute Gasteiger partial charge is 0.309 e. The molecule has 0 aliphatic heterocycles. The zero-order valence-electron chi connectivity index (χ0n) is 27.0.